The lowest BCUT2D eigenvalue weighted by Crippen LogP contribution is -2.38. The van der Waals surface area contributed by atoms with E-state index in [4.69, 9.17) is 23.5 Å². The predicted octanol–water partition coefficient (Wildman–Crippen LogP) is 4.78. The van der Waals surface area contributed by atoms with Gasteiger partial charge in [0.25, 0.3) is 0 Å². The minimum absolute atomic E-state index is 0.0122. The highest BCUT2D eigenvalue weighted by molar-refractivity contribution is 8.01. The van der Waals surface area contributed by atoms with Crippen LogP contribution in [0.1, 0.15) is 73.4 Å². The van der Waals surface area contributed by atoms with Gasteiger partial charge in [-0.25, -0.2) is 0 Å². The summed E-state index contributed by atoms with van der Waals surface area (Å²) in [5.41, 5.74) is 0.319. The topological polar surface area (TPSA) is 92.1 Å². The molecule has 0 aromatic carbocycles. The van der Waals surface area contributed by atoms with Crippen molar-refractivity contribution < 1.29 is 28.3 Å². The molecule has 1 aromatic rings. The number of hydrogen-bond donors (Lipinski definition) is 1. The summed E-state index contributed by atoms with van der Waals surface area (Å²) in [4.78, 5) is 12.8. The Labute approximate surface area is 202 Å². The van der Waals surface area contributed by atoms with Gasteiger partial charge >= 0.3 is 0 Å². The van der Waals surface area contributed by atoms with Gasteiger partial charge in [-0.1, -0.05) is 32.9 Å². The molecular weight excluding hydrogens is 444 g/mol. The number of aromatic nitrogens is 1. The first-order chi connectivity index (χ1) is 15.7. The van der Waals surface area contributed by atoms with Crippen LogP contribution in [0.25, 0.3) is 0 Å². The van der Waals surface area contributed by atoms with E-state index >= 15 is 0 Å². The Kier molecular flexibility index (Phi) is 11.2. The summed E-state index contributed by atoms with van der Waals surface area (Å²) in [5, 5.41) is 7.06. The van der Waals surface area contributed by atoms with E-state index in [1.165, 1.54) is 11.8 Å². The molecule has 0 aliphatic carbocycles. The third-order valence-electron chi connectivity index (χ3n) is 5.98. The number of thioether (sulfide) groups is 1. The molecule has 33 heavy (non-hydrogen) atoms. The Morgan fingerprint density at radius 1 is 1.21 bits per heavy atom. The number of carbonyl (C=O) groups is 1. The quantitative estimate of drug-likeness (QED) is 0.533. The van der Waals surface area contributed by atoms with Crippen LogP contribution in [0.4, 0.5) is 5.88 Å². The van der Waals surface area contributed by atoms with Crippen LogP contribution in [0.15, 0.2) is 10.6 Å². The molecule has 2 aliphatic heterocycles. The smallest absolute Gasteiger partial charge is 0.242 e. The highest BCUT2D eigenvalue weighted by Crippen LogP contribution is 2.33. The second kappa shape index (κ2) is 13.1. The Morgan fingerprint density at radius 2 is 1.97 bits per heavy atom. The number of ether oxygens (including phenoxy) is 4. The van der Waals surface area contributed by atoms with Crippen molar-refractivity contribution in [3.05, 3.63) is 11.8 Å². The number of nitrogens with zero attached hydrogens (tertiary/aromatic N) is 1. The van der Waals surface area contributed by atoms with Crippen LogP contribution in [0, 0.1) is 0 Å². The van der Waals surface area contributed by atoms with Gasteiger partial charge in [-0.15, -0.1) is 11.8 Å². The van der Waals surface area contributed by atoms with Gasteiger partial charge in [0.1, 0.15) is 0 Å². The average molecular weight is 487 g/mol. The van der Waals surface area contributed by atoms with E-state index in [0.29, 0.717) is 31.5 Å². The van der Waals surface area contributed by atoms with E-state index in [1.807, 2.05) is 34.6 Å². The van der Waals surface area contributed by atoms with E-state index < -0.39 is 10.2 Å². The Morgan fingerprint density at radius 3 is 2.61 bits per heavy atom. The lowest BCUT2D eigenvalue weighted by Gasteiger charge is -2.34. The zero-order valence-electron chi connectivity index (χ0n) is 21.3. The van der Waals surface area contributed by atoms with Crippen molar-refractivity contribution >= 4 is 23.6 Å². The fourth-order valence-electron chi connectivity index (χ4n) is 3.32. The molecule has 0 spiro atoms. The van der Waals surface area contributed by atoms with E-state index in [-0.39, 0.29) is 24.4 Å². The first-order valence-corrected chi connectivity index (χ1v) is 13.1. The molecular formula is C24H42N2O6S. The molecule has 3 heterocycles. The minimum Gasteiger partial charge on any atom is -0.376 e. The second-order valence-electron chi connectivity index (χ2n) is 9.22. The summed E-state index contributed by atoms with van der Waals surface area (Å²) < 4.78 is 27.7. The van der Waals surface area contributed by atoms with Crippen molar-refractivity contribution in [1.29, 1.82) is 0 Å². The van der Waals surface area contributed by atoms with E-state index in [9.17, 15) is 4.79 Å². The monoisotopic (exact) mass is 486 g/mol. The third kappa shape index (κ3) is 8.24. The highest BCUT2D eigenvalue weighted by atomic mass is 32.2. The minimum atomic E-state index is -0.655. The summed E-state index contributed by atoms with van der Waals surface area (Å²) in [6.45, 7) is 16.4. The Hall–Kier alpha value is -1.13. The zero-order chi connectivity index (χ0) is 24.5. The lowest BCUT2D eigenvalue weighted by molar-refractivity contribution is -0.196. The summed E-state index contributed by atoms with van der Waals surface area (Å²) >= 11 is 1.54. The first-order valence-electron chi connectivity index (χ1n) is 12.1. The molecule has 1 aromatic heterocycles. The van der Waals surface area contributed by atoms with Gasteiger partial charge < -0.3 is 23.5 Å². The van der Waals surface area contributed by atoms with Gasteiger partial charge in [0.2, 0.25) is 11.8 Å². The van der Waals surface area contributed by atoms with Gasteiger partial charge in [0, 0.05) is 23.8 Å². The van der Waals surface area contributed by atoms with E-state index in [1.54, 1.807) is 6.07 Å². The Bertz CT molecular complexity index is 712. The molecule has 9 heteroatoms. The third-order valence-corrected chi connectivity index (χ3v) is 7.42. The molecule has 0 bridgehead atoms. The highest BCUT2D eigenvalue weighted by Gasteiger charge is 2.36. The number of rotatable bonds is 9. The maximum absolute atomic E-state index is 12.8. The van der Waals surface area contributed by atoms with Crippen molar-refractivity contribution in [2.24, 2.45) is 0 Å². The van der Waals surface area contributed by atoms with Gasteiger partial charge in [-0.05, 0) is 40.0 Å². The maximum atomic E-state index is 12.8. The van der Waals surface area contributed by atoms with Crippen LogP contribution in [0.2, 0.25) is 0 Å². The molecule has 190 valence electrons. The van der Waals surface area contributed by atoms with Crippen molar-refractivity contribution in [3.63, 3.8) is 0 Å². The lowest BCUT2D eigenvalue weighted by atomic mass is 9.84. The van der Waals surface area contributed by atoms with Crippen LogP contribution < -0.4 is 5.32 Å². The van der Waals surface area contributed by atoms with E-state index in [0.717, 1.165) is 31.6 Å². The molecule has 2 aliphatic rings. The van der Waals surface area contributed by atoms with Crippen LogP contribution >= 0.6 is 11.8 Å². The van der Waals surface area contributed by atoms with Crippen LogP contribution in [0.3, 0.4) is 0 Å². The molecule has 3 rings (SSSR count). The standard InChI is InChI=1S/C22H36N2O6S.C2H6/c1-15(29-19-8-6-7-9-28-19)21(2,3)17-12-18(30-24-17)23-20(25)22(4,5)31-14-16-13-26-10-11-27-16;1-2/h12,15-16,19H,6-11,13-14H2,1-5H3,(H,23,25);1-2H3/t15-,16?,19?;/m0./s1. The number of amides is 1. The number of carbonyl (C=O) groups excluding carboxylic acids is 1. The van der Waals surface area contributed by atoms with Crippen molar-refractivity contribution in [3.8, 4) is 0 Å². The van der Waals surface area contributed by atoms with Crippen molar-refractivity contribution in [2.45, 2.75) is 96.4 Å². The zero-order valence-corrected chi connectivity index (χ0v) is 22.1. The van der Waals surface area contributed by atoms with Gasteiger partial charge in [0.15, 0.2) is 6.29 Å². The maximum Gasteiger partial charge on any atom is 0.242 e. The molecule has 2 fully saturated rings. The molecule has 3 atom stereocenters. The largest absolute Gasteiger partial charge is 0.376 e. The van der Waals surface area contributed by atoms with Gasteiger partial charge in [-0.3, -0.25) is 10.1 Å². The van der Waals surface area contributed by atoms with Gasteiger partial charge in [-0.2, -0.15) is 0 Å². The normalized spacial score (nSPS) is 22.8. The van der Waals surface area contributed by atoms with Crippen LogP contribution in [-0.2, 0) is 29.2 Å². The fourth-order valence-corrected chi connectivity index (χ4v) is 4.30. The van der Waals surface area contributed by atoms with Crippen LogP contribution in [0.5, 0.6) is 0 Å². The molecule has 1 amide bonds. The summed E-state index contributed by atoms with van der Waals surface area (Å²) in [5.74, 6) is 0.877. The summed E-state index contributed by atoms with van der Waals surface area (Å²) in [6.07, 6.45) is 2.81. The molecule has 0 radical (unpaired) electrons. The first kappa shape index (κ1) is 28.1. The molecule has 1 N–H and O–H groups in total. The average Bonchev–Trinajstić information content (AvgIpc) is 3.30. The molecule has 2 unspecified atom stereocenters. The summed E-state index contributed by atoms with van der Waals surface area (Å²) in [7, 11) is 0. The van der Waals surface area contributed by atoms with Crippen LogP contribution in [-0.4, -0.2) is 66.5 Å². The number of anilines is 1. The predicted molar refractivity (Wildman–Crippen MR) is 131 cm³/mol. The fraction of sp³-hybridized carbons (Fsp3) is 0.833. The summed E-state index contributed by atoms with van der Waals surface area (Å²) in [6, 6.07) is 1.78. The molecule has 8 nitrogen and oxygen atoms in total. The van der Waals surface area contributed by atoms with Crippen molar-refractivity contribution in [2.75, 3.05) is 37.5 Å². The SMILES string of the molecule is CC.C[C@H](OC1CCCCO1)C(C)(C)c1cc(NC(=O)C(C)(C)SCC2COCCO2)on1. The van der Waals surface area contributed by atoms with Crippen molar-refractivity contribution in [1.82, 2.24) is 5.16 Å². The van der Waals surface area contributed by atoms with Gasteiger partial charge in [0.05, 0.1) is 42.5 Å². The Balaban J connectivity index is 0.00000187. The molecule has 0 saturated carbocycles. The number of hydrogen-bond acceptors (Lipinski definition) is 8. The number of nitrogens with one attached hydrogen (secondary N) is 1. The van der Waals surface area contributed by atoms with E-state index in [2.05, 4.69) is 24.3 Å². The second-order valence-corrected chi connectivity index (χ2v) is 10.9. The molecule has 2 saturated heterocycles.